The third-order valence-electron chi connectivity index (χ3n) is 2.49. The summed E-state index contributed by atoms with van der Waals surface area (Å²) in [6, 6.07) is -0.495. The summed E-state index contributed by atoms with van der Waals surface area (Å²) in [4.78, 5) is 47.5. The van der Waals surface area contributed by atoms with Gasteiger partial charge in [-0.2, -0.15) is 0 Å². The highest BCUT2D eigenvalue weighted by Crippen LogP contribution is 2.06. The molecule has 1 N–H and O–H groups in total. The Balaban J connectivity index is 2.30. The molecule has 0 aromatic carbocycles. The molecule has 0 aliphatic carbocycles. The third-order valence-corrected chi connectivity index (χ3v) is 2.49. The molecule has 0 radical (unpaired) electrons. The van der Waals surface area contributed by atoms with Gasteiger partial charge in [0, 0.05) is 13.6 Å². The zero-order valence-electron chi connectivity index (χ0n) is 11.0. The largest absolute Gasteiger partial charge is 0.466 e. The number of nitrogens with one attached hydrogen (secondary N) is 1. The summed E-state index contributed by atoms with van der Waals surface area (Å²) in [5.41, 5.74) is 0. The average molecular weight is 271 g/mol. The van der Waals surface area contributed by atoms with Crippen molar-refractivity contribution in [1.82, 2.24) is 15.1 Å². The number of nitrogens with zero attached hydrogens (tertiary/aromatic N) is 2. The predicted molar refractivity (Wildman–Crippen MR) is 64.0 cm³/mol. The Morgan fingerprint density at radius 2 is 2.05 bits per heavy atom. The molecule has 0 atom stereocenters. The molecule has 106 valence electrons. The Bertz CT molecular complexity index is 396. The van der Waals surface area contributed by atoms with Gasteiger partial charge in [-0.05, 0) is 6.92 Å². The fourth-order valence-corrected chi connectivity index (χ4v) is 1.56. The molecule has 1 heterocycles. The van der Waals surface area contributed by atoms with E-state index in [0.29, 0.717) is 0 Å². The van der Waals surface area contributed by atoms with Gasteiger partial charge in [0.15, 0.2) is 0 Å². The maximum Gasteiger partial charge on any atom is 0.327 e. The third kappa shape index (κ3) is 4.23. The number of amides is 4. The minimum atomic E-state index is -0.495. The van der Waals surface area contributed by atoms with Gasteiger partial charge in [-0.25, -0.2) is 4.79 Å². The molecule has 19 heavy (non-hydrogen) atoms. The van der Waals surface area contributed by atoms with Gasteiger partial charge in [0.2, 0.25) is 5.91 Å². The number of ether oxygens (including phenoxy) is 1. The van der Waals surface area contributed by atoms with Crippen LogP contribution in [0.15, 0.2) is 0 Å². The summed E-state index contributed by atoms with van der Waals surface area (Å²) >= 11 is 0. The van der Waals surface area contributed by atoms with Gasteiger partial charge in [0.05, 0.1) is 13.0 Å². The SMILES string of the molecule is CCOC(=O)CCNC(=O)CN1C(=O)CN(C)C1=O. The van der Waals surface area contributed by atoms with Gasteiger partial charge in [0.25, 0.3) is 5.91 Å². The van der Waals surface area contributed by atoms with Crippen LogP contribution in [0.2, 0.25) is 0 Å². The van der Waals surface area contributed by atoms with E-state index in [0.717, 1.165) is 4.90 Å². The Kier molecular flexibility index (Phi) is 5.28. The lowest BCUT2D eigenvalue weighted by Gasteiger charge is -2.13. The highest BCUT2D eigenvalue weighted by Gasteiger charge is 2.34. The Morgan fingerprint density at radius 3 is 2.58 bits per heavy atom. The molecule has 1 saturated heterocycles. The van der Waals surface area contributed by atoms with E-state index in [1.165, 1.54) is 11.9 Å². The Morgan fingerprint density at radius 1 is 1.37 bits per heavy atom. The maximum absolute atomic E-state index is 11.5. The van der Waals surface area contributed by atoms with Gasteiger partial charge in [-0.15, -0.1) is 0 Å². The van der Waals surface area contributed by atoms with Crippen LogP contribution in [-0.4, -0.2) is 66.9 Å². The van der Waals surface area contributed by atoms with Crippen molar-refractivity contribution in [3.05, 3.63) is 0 Å². The first-order valence-electron chi connectivity index (χ1n) is 5.93. The second-order valence-electron chi connectivity index (χ2n) is 4.02. The van der Waals surface area contributed by atoms with Gasteiger partial charge < -0.3 is 15.0 Å². The van der Waals surface area contributed by atoms with Crippen LogP contribution in [0.5, 0.6) is 0 Å². The van der Waals surface area contributed by atoms with Crippen molar-refractivity contribution >= 4 is 23.8 Å². The minimum absolute atomic E-state index is 0.0189. The number of carbonyl (C=O) groups is 4. The summed E-state index contributed by atoms with van der Waals surface area (Å²) < 4.78 is 4.69. The van der Waals surface area contributed by atoms with E-state index in [-0.39, 0.29) is 32.7 Å². The number of likely N-dealkylation sites (N-methyl/N-ethyl adjacent to an activating group) is 1. The molecule has 1 aliphatic rings. The van der Waals surface area contributed by atoms with E-state index in [1.807, 2.05) is 0 Å². The van der Waals surface area contributed by atoms with Crippen molar-refractivity contribution in [2.24, 2.45) is 0 Å². The average Bonchev–Trinajstić information content (AvgIpc) is 2.56. The van der Waals surface area contributed by atoms with E-state index in [9.17, 15) is 19.2 Å². The van der Waals surface area contributed by atoms with Crippen molar-refractivity contribution in [1.29, 1.82) is 0 Å². The van der Waals surface area contributed by atoms with E-state index in [1.54, 1.807) is 6.92 Å². The zero-order chi connectivity index (χ0) is 14.4. The quantitative estimate of drug-likeness (QED) is 0.491. The fourth-order valence-electron chi connectivity index (χ4n) is 1.56. The van der Waals surface area contributed by atoms with Crippen LogP contribution in [0.3, 0.4) is 0 Å². The lowest BCUT2D eigenvalue weighted by Crippen LogP contribution is -2.41. The minimum Gasteiger partial charge on any atom is -0.466 e. The molecule has 0 spiro atoms. The van der Waals surface area contributed by atoms with E-state index in [2.05, 4.69) is 10.1 Å². The smallest absolute Gasteiger partial charge is 0.327 e. The maximum atomic E-state index is 11.5. The van der Waals surface area contributed by atoms with Gasteiger partial charge in [-0.3, -0.25) is 19.3 Å². The summed E-state index contributed by atoms with van der Waals surface area (Å²) in [6.07, 6.45) is 0.0569. The molecular formula is C11H17N3O5. The molecule has 1 fully saturated rings. The van der Waals surface area contributed by atoms with Crippen molar-refractivity contribution in [3.8, 4) is 0 Å². The molecule has 1 rings (SSSR count). The molecule has 8 nitrogen and oxygen atoms in total. The molecule has 0 aromatic heterocycles. The lowest BCUT2D eigenvalue weighted by molar-refractivity contribution is -0.143. The lowest BCUT2D eigenvalue weighted by atomic mass is 10.4. The molecule has 1 aliphatic heterocycles. The normalized spacial score (nSPS) is 14.8. The number of esters is 1. The summed E-state index contributed by atoms with van der Waals surface area (Å²) in [5, 5.41) is 2.45. The monoisotopic (exact) mass is 271 g/mol. The zero-order valence-corrected chi connectivity index (χ0v) is 11.0. The molecule has 8 heteroatoms. The van der Waals surface area contributed by atoms with Gasteiger partial charge in [0.1, 0.15) is 13.1 Å². The van der Waals surface area contributed by atoms with E-state index in [4.69, 9.17) is 0 Å². The number of hydrogen-bond donors (Lipinski definition) is 1. The van der Waals surface area contributed by atoms with Gasteiger partial charge >= 0.3 is 12.0 Å². The van der Waals surface area contributed by atoms with E-state index >= 15 is 0 Å². The van der Waals surface area contributed by atoms with E-state index < -0.39 is 23.8 Å². The van der Waals surface area contributed by atoms with Crippen LogP contribution in [-0.2, 0) is 19.1 Å². The second kappa shape index (κ2) is 6.72. The number of urea groups is 1. The topological polar surface area (TPSA) is 96.0 Å². The molecule has 0 bridgehead atoms. The predicted octanol–water partition coefficient (Wildman–Crippen LogP) is -1.05. The van der Waals surface area contributed by atoms with Crippen LogP contribution in [0.1, 0.15) is 13.3 Å². The molecule has 0 saturated carbocycles. The number of carbonyl (C=O) groups excluding carboxylic acids is 4. The highest BCUT2D eigenvalue weighted by molar-refractivity contribution is 6.04. The van der Waals surface area contributed by atoms with Crippen molar-refractivity contribution in [2.45, 2.75) is 13.3 Å². The number of hydrogen-bond acceptors (Lipinski definition) is 5. The summed E-state index contributed by atoms with van der Waals surface area (Å²) in [5.74, 6) is -1.30. The van der Waals surface area contributed by atoms with Crippen molar-refractivity contribution in [2.75, 3.05) is 33.3 Å². The first-order valence-corrected chi connectivity index (χ1v) is 5.93. The number of imide groups is 1. The van der Waals surface area contributed by atoms with Crippen LogP contribution in [0.25, 0.3) is 0 Å². The first kappa shape index (κ1) is 14.9. The molecule has 4 amide bonds. The van der Waals surface area contributed by atoms with Crippen molar-refractivity contribution in [3.63, 3.8) is 0 Å². The Labute approximate surface area is 110 Å². The highest BCUT2D eigenvalue weighted by atomic mass is 16.5. The molecule has 0 aromatic rings. The van der Waals surface area contributed by atoms with Crippen LogP contribution in [0.4, 0.5) is 4.79 Å². The molecular weight excluding hydrogens is 254 g/mol. The Hall–Kier alpha value is -2.12. The van der Waals surface area contributed by atoms with Crippen molar-refractivity contribution < 1.29 is 23.9 Å². The fraction of sp³-hybridized carbons (Fsp3) is 0.636. The van der Waals surface area contributed by atoms with Crippen LogP contribution in [0, 0.1) is 0 Å². The van der Waals surface area contributed by atoms with Gasteiger partial charge in [-0.1, -0.05) is 0 Å². The van der Waals surface area contributed by atoms with Crippen LogP contribution >= 0.6 is 0 Å². The standard InChI is InChI=1S/C11H17N3O5/c1-3-19-10(17)4-5-12-8(15)6-14-9(16)7-13(2)11(14)18/h3-7H2,1-2H3,(H,12,15). The first-order chi connectivity index (χ1) is 8.95. The van der Waals surface area contributed by atoms with Crippen LogP contribution < -0.4 is 5.32 Å². The second-order valence-corrected chi connectivity index (χ2v) is 4.02. The molecule has 0 unspecified atom stereocenters. The summed E-state index contributed by atoms with van der Waals surface area (Å²) in [7, 11) is 1.49. The summed E-state index contributed by atoms with van der Waals surface area (Å²) in [6.45, 7) is 1.75. The number of rotatable bonds is 6.